The molecule has 0 unspecified atom stereocenters. The van der Waals surface area contributed by atoms with Gasteiger partial charge >= 0.3 is 29.6 Å². The predicted octanol–water partition coefficient (Wildman–Crippen LogP) is 1.19. The Hall–Kier alpha value is -0.530. The Balaban J connectivity index is 0.00000512. The van der Waals surface area contributed by atoms with Crippen LogP contribution in [-0.2, 0) is 9.53 Å². The van der Waals surface area contributed by atoms with Crippen molar-refractivity contribution in [1.82, 2.24) is 0 Å². The van der Waals surface area contributed by atoms with Crippen LogP contribution in [0.1, 0.15) is 85.5 Å². The molecular formula is C25H41NaO6. The Morgan fingerprint density at radius 3 is 2.50 bits per heavy atom. The standard InChI is InChI=1S/C25H42O6.Na/c1-5-12-25(3,4)15-31-21-14-20(27)24(30)18-13-19(26)16(2)17(23(18)21)10-8-6-7-9-11-22(28)29;/h13,16-17,20-21,23,26-27,30H,5-12,14-15H2,1-4H3,(H,28,29);/q;+1/p-1/t16-,17+,20-,21-,23+;/m0./s1. The molecule has 2 rings (SSSR count). The van der Waals surface area contributed by atoms with Gasteiger partial charge in [0.2, 0.25) is 0 Å². The van der Waals surface area contributed by atoms with Crippen molar-refractivity contribution in [2.75, 3.05) is 6.61 Å². The summed E-state index contributed by atoms with van der Waals surface area (Å²) >= 11 is 0. The summed E-state index contributed by atoms with van der Waals surface area (Å²) in [5, 5.41) is 42.1. The Morgan fingerprint density at radius 2 is 1.88 bits per heavy atom. The van der Waals surface area contributed by atoms with Gasteiger partial charge in [0.15, 0.2) is 0 Å². The van der Waals surface area contributed by atoms with Gasteiger partial charge in [-0.2, -0.15) is 0 Å². The van der Waals surface area contributed by atoms with Gasteiger partial charge < -0.3 is 30.0 Å². The molecule has 5 atom stereocenters. The quantitative estimate of drug-likeness (QED) is 0.298. The zero-order valence-electron chi connectivity index (χ0n) is 20.6. The van der Waals surface area contributed by atoms with Crippen LogP contribution in [0.4, 0.5) is 0 Å². The van der Waals surface area contributed by atoms with E-state index in [0.29, 0.717) is 25.0 Å². The molecule has 0 aromatic heterocycles. The number of ether oxygens (including phenoxy) is 1. The van der Waals surface area contributed by atoms with Crippen LogP contribution in [0.2, 0.25) is 0 Å². The molecule has 0 saturated carbocycles. The number of hydrogen-bond acceptors (Lipinski definition) is 6. The number of carbonyl (C=O) groups is 1. The molecule has 6 nitrogen and oxygen atoms in total. The molecule has 2 aliphatic rings. The average Bonchev–Trinajstić information content (AvgIpc) is 2.69. The maximum absolute atomic E-state index is 10.6. The van der Waals surface area contributed by atoms with Crippen molar-refractivity contribution in [1.29, 1.82) is 0 Å². The van der Waals surface area contributed by atoms with Crippen LogP contribution in [-0.4, -0.2) is 40.1 Å². The van der Waals surface area contributed by atoms with Crippen LogP contribution in [0.25, 0.3) is 0 Å². The first-order valence-corrected chi connectivity index (χ1v) is 11.9. The van der Waals surface area contributed by atoms with Crippen LogP contribution >= 0.6 is 0 Å². The summed E-state index contributed by atoms with van der Waals surface area (Å²) in [4.78, 5) is 10.6. The number of aliphatic carboxylic acids is 1. The average molecular weight is 461 g/mol. The van der Waals surface area contributed by atoms with E-state index >= 15 is 0 Å². The third-order valence-electron chi connectivity index (χ3n) is 6.98. The van der Waals surface area contributed by atoms with Crippen molar-refractivity contribution in [3.8, 4) is 0 Å². The molecule has 0 radical (unpaired) electrons. The molecule has 3 N–H and O–H groups in total. The number of fused-ring (bicyclic) bond motifs is 1. The minimum atomic E-state index is -1.01. The summed E-state index contributed by atoms with van der Waals surface area (Å²) in [7, 11) is 0. The molecule has 0 aromatic rings. The molecule has 2 aliphatic carbocycles. The number of aliphatic hydroxyl groups excluding tert-OH is 3. The minimum Gasteiger partial charge on any atom is -0.550 e. The SMILES string of the molecule is CCCC(C)(C)CO[C@H]1C[C@H](O)C(O)=C2C=C(O)[C@@H](C)[C@@H](CCCCCCC(=O)[O-])[C@H]21.[Na+]. The molecule has 0 aromatic carbocycles. The fourth-order valence-electron chi connectivity index (χ4n) is 5.23. The number of hydrogen-bond donors (Lipinski definition) is 3. The van der Waals surface area contributed by atoms with Crippen molar-refractivity contribution in [3.05, 3.63) is 23.2 Å². The van der Waals surface area contributed by atoms with Gasteiger partial charge in [-0.1, -0.05) is 53.4 Å². The minimum absolute atomic E-state index is 0. The molecule has 178 valence electrons. The van der Waals surface area contributed by atoms with E-state index in [2.05, 4.69) is 20.8 Å². The van der Waals surface area contributed by atoms with E-state index in [1.165, 1.54) is 0 Å². The van der Waals surface area contributed by atoms with E-state index in [4.69, 9.17) is 4.74 Å². The second-order valence-corrected chi connectivity index (χ2v) is 10.2. The van der Waals surface area contributed by atoms with Gasteiger partial charge in [0, 0.05) is 29.8 Å². The second-order valence-electron chi connectivity index (χ2n) is 10.2. The summed E-state index contributed by atoms with van der Waals surface area (Å²) in [6, 6.07) is 0. The van der Waals surface area contributed by atoms with Crippen LogP contribution in [0.5, 0.6) is 0 Å². The summed E-state index contributed by atoms with van der Waals surface area (Å²) in [6.45, 7) is 9.11. The molecule has 7 heteroatoms. The maximum atomic E-state index is 10.6. The first kappa shape index (κ1) is 29.5. The number of allylic oxidation sites excluding steroid dienone is 2. The van der Waals surface area contributed by atoms with Crippen LogP contribution in [0, 0.1) is 23.2 Å². The van der Waals surface area contributed by atoms with Crippen molar-refractivity contribution < 1.29 is 59.5 Å². The van der Waals surface area contributed by atoms with Crippen LogP contribution in [0.15, 0.2) is 23.2 Å². The molecule has 0 bridgehead atoms. The smallest absolute Gasteiger partial charge is 0.550 e. The normalized spacial score (nSPS) is 28.0. The second kappa shape index (κ2) is 13.4. The van der Waals surface area contributed by atoms with Crippen molar-refractivity contribution in [2.45, 2.75) is 97.7 Å². The monoisotopic (exact) mass is 460 g/mol. The first-order valence-electron chi connectivity index (χ1n) is 11.9. The molecular weight excluding hydrogens is 419 g/mol. The van der Waals surface area contributed by atoms with E-state index in [9.17, 15) is 25.2 Å². The zero-order chi connectivity index (χ0) is 23.2. The fraction of sp³-hybridized carbons (Fsp3) is 0.800. The number of carbonyl (C=O) groups excluding carboxylic acids is 1. The number of carboxylic acids is 1. The number of unbranched alkanes of at least 4 members (excludes halogenated alkanes) is 3. The van der Waals surface area contributed by atoms with Crippen LogP contribution < -0.4 is 34.7 Å². The van der Waals surface area contributed by atoms with Gasteiger partial charge in [0.25, 0.3) is 0 Å². The first-order chi connectivity index (χ1) is 14.6. The summed E-state index contributed by atoms with van der Waals surface area (Å²) in [5.74, 6) is -0.859. The summed E-state index contributed by atoms with van der Waals surface area (Å²) in [5.41, 5.74) is 0.644. The molecule has 0 heterocycles. The Labute approximate surface area is 215 Å². The Kier molecular flexibility index (Phi) is 12.3. The molecule has 32 heavy (non-hydrogen) atoms. The summed E-state index contributed by atoms with van der Waals surface area (Å²) in [6.07, 6.45) is 7.12. The van der Waals surface area contributed by atoms with Gasteiger partial charge in [-0.3, -0.25) is 0 Å². The van der Waals surface area contributed by atoms with E-state index in [1.54, 1.807) is 6.08 Å². The fourth-order valence-corrected chi connectivity index (χ4v) is 5.23. The van der Waals surface area contributed by atoms with E-state index in [1.807, 2.05) is 6.92 Å². The third-order valence-corrected chi connectivity index (χ3v) is 6.98. The number of rotatable bonds is 12. The van der Waals surface area contributed by atoms with Gasteiger partial charge in [-0.05, 0) is 43.1 Å². The van der Waals surface area contributed by atoms with Crippen molar-refractivity contribution >= 4 is 5.97 Å². The Morgan fingerprint density at radius 1 is 1.22 bits per heavy atom. The van der Waals surface area contributed by atoms with Gasteiger partial charge in [-0.15, -0.1) is 0 Å². The van der Waals surface area contributed by atoms with Crippen molar-refractivity contribution in [2.24, 2.45) is 23.2 Å². The topological polar surface area (TPSA) is 110 Å². The molecule has 0 fully saturated rings. The van der Waals surface area contributed by atoms with Gasteiger partial charge in [-0.25, -0.2) is 0 Å². The molecule has 0 amide bonds. The van der Waals surface area contributed by atoms with E-state index in [0.717, 1.165) is 38.5 Å². The Bertz CT molecular complexity index is 671. The predicted molar refractivity (Wildman–Crippen MR) is 118 cm³/mol. The number of aliphatic hydroxyl groups is 3. The van der Waals surface area contributed by atoms with Crippen molar-refractivity contribution in [3.63, 3.8) is 0 Å². The summed E-state index contributed by atoms with van der Waals surface area (Å²) < 4.78 is 6.39. The molecule has 0 spiro atoms. The van der Waals surface area contributed by atoms with Gasteiger partial charge in [0.05, 0.1) is 18.5 Å². The maximum Gasteiger partial charge on any atom is 1.00 e. The van der Waals surface area contributed by atoms with Gasteiger partial charge in [0.1, 0.15) is 11.9 Å². The van der Waals surface area contributed by atoms with E-state index < -0.39 is 12.1 Å². The largest absolute Gasteiger partial charge is 1.00 e. The molecule has 0 aliphatic heterocycles. The van der Waals surface area contributed by atoms with Crippen LogP contribution in [0.3, 0.4) is 0 Å². The van der Waals surface area contributed by atoms with E-state index in [-0.39, 0.29) is 76.8 Å². The molecule has 0 saturated heterocycles. The third kappa shape index (κ3) is 8.05. The zero-order valence-corrected chi connectivity index (χ0v) is 22.6. The number of carboxylic acid groups (broad SMARTS) is 1.